The lowest BCUT2D eigenvalue weighted by Gasteiger charge is -2.15. The Morgan fingerprint density at radius 1 is 1.25 bits per heavy atom. The quantitative estimate of drug-likeness (QED) is 0.866. The number of rotatable bonds is 3. The molecular formula is C12H11F2NS. The normalized spacial score (nSPS) is 12.7. The first-order valence-electron chi connectivity index (χ1n) is 4.88. The Labute approximate surface area is 96.7 Å². The number of halogens is 2. The van der Waals surface area contributed by atoms with E-state index in [9.17, 15) is 8.78 Å². The van der Waals surface area contributed by atoms with Crippen LogP contribution in [0.25, 0.3) is 0 Å². The van der Waals surface area contributed by atoms with Crippen molar-refractivity contribution in [1.29, 1.82) is 0 Å². The number of benzene rings is 1. The first kappa shape index (κ1) is 11.2. The minimum Gasteiger partial charge on any atom is -0.309 e. The van der Waals surface area contributed by atoms with E-state index in [2.05, 4.69) is 5.32 Å². The molecule has 84 valence electrons. The van der Waals surface area contributed by atoms with E-state index in [0.29, 0.717) is 5.56 Å². The monoisotopic (exact) mass is 239 g/mol. The van der Waals surface area contributed by atoms with Gasteiger partial charge in [-0.2, -0.15) is 0 Å². The summed E-state index contributed by atoms with van der Waals surface area (Å²) < 4.78 is 26.4. The van der Waals surface area contributed by atoms with E-state index >= 15 is 0 Å². The van der Waals surface area contributed by atoms with Gasteiger partial charge in [0.2, 0.25) is 0 Å². The molecule has 2 rings (SSSR count). The van der Waals surface area contributed by atoms with Crippen LogP contribution in [0.15, 0.2) is 35.7 Å². The van der Waals surface area contributed by atoms with Gasteiger partial charge in [-0.3, -0.25) is 0 Å². The minimum absolute atomic E-state index is 0.222. The highest BCUT2D eigenvalue weighted by Gasteiger charge is 2.17. The second-order valence-corrected chi connectivity index (χ2v) is 4.38. The van der Waals surface area contributed by atoms with Crippen LogP contribution >= 0.6 is 11.3 Å². The second kappa shape index (κ2) is 4.72. The summed E-state index contributed by atoms with van der Waals surface area (Å²) in [5.74, 6) is -1.07. The van der Waals surface area contributed by atoms with E-state index in [1.54, 1.807) is 18.4 Å². The zero-order valence-electron chi connectivity index (χ0n) is 8.71. The molecule has 0 amide bonds. The Morgan fingerprint density at radius 2 is 2.06 bits per heavy atom. The van der Waals surface area contributed by atoms with E-state index in [4.69, 9.17) is 0 Å². The molecule has 0 spiro atoms. The summed E-state index contributed by atoms with van der Waals surface area (Å²) in [6.45, 7) is 0. The molecule has 0 saturated heterocycles. The zero-order chi connectivity index (χ0) is 11.5. The van der Waals surface area contributed by atoms with Gasteiger partial charge in [0.15, 0.2) is 0 Å². The summed E-state index contributed by atoms with van der Waals surface area (Å²) in [7, 11) is 1.76. The maximum Gasteiger partial charge on any atom is 0.131 e. The van der Waals surface area contributed by atoms with Gasteiger partial charge in [0.1, 0.15) is 11.6 Å². The van der Waals surface area contributed by atoms with Gasteiger partial charge in [-0.05, 0) is 24.6 Å². The number of thiophene rings is 1. The molecule has 0 aliphatic heterocycles. The van der Waals surface area contributed by atoms with Crippen LogP contribution in [0.3, 0.4) is 0 Å². The largest absolute Gasteiger partial charge is 0.309 e. The maximum absolute atomic E-state index is 13.6. The van der Waals surface area contributed by atoms with Gasteiger partial charge in [-0.1, -0.05) is 12.1 Å². The fourth-order valence-electron chi connectivity index (χ4n) is 1.64. The third-order valence-electron chi connectivity index (χ3n) is 2.39. The average Bonchev–Trinajstić information content (AvgIpc) is 2.75. The molecule has 1 nitrogen and oxygen atoms in total. The molecule has 0 aliphatic rings. The Balaban J connectivity index is 2.41. The lowest BCUT2D eigenvalue weighted by Crippen LogP contribution is -2.17. The molecule has 1 aromatic carbocycles. The molecule has 1 heterocycles. The van der Waals surface area contributed by atoms with Gasteiger partial charge in [0.05, 0.1) is 6.04 Å². The third-order valence-corrected chi connectivity index (χ3v) is 3.33. The number of hydrogen-bond acceptors (Lipinski definition) is 2. The van der Waals surface area contributed by atoms with Crippen molar-refractivity contribution in [2.75, 3.05) is 7.05 Å². The van der Waals surface area contributed by atoms with Crippen molar-refractivity contribution in [3.05, 3.63) is 57.8 Å². The lowest BCUT2D eigenvalue weighted by atomic mass is 10.0. The highest BCUT2D eigenvalue weighted by Crippen LogP contribution is 2.27. The van der Waals surface area contributed by atoms with Gasteiger partial charge in [0.25, 0.3) is 0 Å². The molecular weight excluding hydrogens is 228 g/mol. The lowest BCUT2D eigenvalue weighted by molar-refractivity contribution is 0.553. The first-order chi connectivity index (χ1) is 7.72. The van der Waals surface area contributed by atoms with Crippen molar-refractivity contribution < 1.29 is 8.78 Å². The van der Waals surface area contributed by atoms with Crippen molar-refractivity contribution in [3.63, 3.8) is 0 Å². The zero-order valence-corrected chi connectivity index (χ0v) is 9.52. The summed E-state index contributed by atoms with van der Waals surface area (Å²) in [5, 5.41) is 4.96. The highest BCUT2D eigenvalue weighted by molar-refractivity contribution is 7.10. The molecule has 1 aromatic heterocycles. The molecule has 1 atom stereocenters. The summed E-state index contributed by atoms with van der Waals surface area (Å²) in [4.78, 5) is 1.01. The van der Waals surface area contributed by atoms with Crippen molar-refractivity contribution in [2.24, 2.45) is 0 Å². The van der Waals surface area contributed by atoms with Gasteiger partial charge in [-0.25, -0.2) is 8.78 Å². The van der Waals surface area contributed by atoms with Gasteiger partial charge in [0, 0.05) is 16.5 Å². The fourth-order valence-corrected chi connectivity index (χ4v) is 2.49. The predicted molar refractivity (Wildman–Crippen MR) is 61.6 cm³/mol. The standard InChI is InChI=1S/C12H11F2NS/c1-15-12(11-3-2-6-16-11)9-5-4-8(13)7-10(9)14/h2-7,12,15H,1H3. The van der Waals surface area contributed by atoms with Crippen LogP contribution in [0.1, 0.15) is 16.5 Å². The summed E-state index contributed by atoms with van der Waals surface area (Å²) >= 11 is 1.54. The molecule has 1 unspecified atom stereocenters. The van der Waals surface area contributed by atoms with Crippen LogP contribution in [0, 0.1) is 11.6 Å². The van der Waals surface area contributed by atoms with E-state index < -0.39 is 11.6 Å². The Morgan fingerprint density at radius 3 is 2.62 bits per heavy atom. The molecule has 2 aromatic rings. The van der Waals surface area contributed by atoms with Crippen LogP contribution in [-0.4, -0.2) is 7.05 Å². The summed E-state index contributed by atoms with van der Waals surface area (Å²) in [6, 6.07) is 7.27. The summed E-state index contributed by atoms with van der Waals surface area (Å²) in [5.41, 5.74) is 0.464. The molecule has 0 bridgehead atoms. The van der Waals surface area contributed by atoms with Gasteiger partial charge in [-0.15, -0.1) is 11.3 Å². The first-order valence-corrected chi connectivity index (χ1v) is 5.76. The topological polar surface area (TPSA) is 12.0 Å². The third kappa shape index (κ3) is 2.13. The van der Waals surface area contributed by atoms with Crippen molar-refractivity contribution in [1.82, 2.24) is 5.32 Å². The Kier molecular flexibility index (Phi) is 3.31. The van der Waals surface area contributed by atoms with Gasteiger partial charge >= 0.3 is 0 Å². The Bertz CT molecular complexity index is 468. The molecule has 0 saturated carbocycles. The molecule has 0 radical (unpaired) electrons. The van der Waals surface area contributed by atoms with Crippen LogP contribution in [-0.2, 0) is 0 Å². The molecule has 4 heteroatoms. The van der Waals surface area contributed by atoms with Crippen LogP contribution < -0.4 is 5.32 Å². The average molecular weight is 239 g/mol. The predicted octanol–water partition coefficient (Wildman–Crippen LogP) is 3.34. The molecule has 0 aliphatic carbocycles. The van der Waals surface area contributed by atoms with E-state index in [0.717, 1.165) is 10.9 Å². The van der Waals surface area contributed by atoms with Crippen molar-refractivity contribution in [2.45, 2.75) is 6.04 Å². The SMILES string of the molecule is CNC(c1cccs1)c1ccc(F)cc1F. The van der Waals surface area contributed by atoms with Crippen LogP contribution in [0.5, 0.6) is 0 Å². The van der Waals surface area contributed by atoms with Crippen LogP contribution in [0.4, 0.5) is 8.78 Å². The smallest absolute Gasteiger partial charge is 0.131 e. The number of hydrogen-bond donors (Lipinski definition) is 1. The fraction of sp³-hybridized carbons (Fsp3) is 0.167. The number of nitrogens with one attached hydrogen (secondary N) is 1. The minimum atomic E-state index is -0.553. The maximum atomic E-state index is 13.6. The highest BCUT2D eigenvalue weighted by atomic mass is 32.1. The van der Waals surface area contributed by atoms with Crippen LogP contribution in [0.2, 0.25) is 0 Å². The molecule has 0 fully saturated rings. The summed E-state index contributed by atoms with van der Waals surface area (Å²) in [6.07, 6.45) is 0. The van der Waals surface area contributed by atoms with Crippen molar-refractivity contribution in [3.8, 4) is 0 Å². The van der Waals surface area contributed by atoms with E-state index in [1.807, 2.05) is 17.5 Å². The van der Waals surface area contributed by atoms with Crippen molar-refractivity contribution >= 4 is 11.3 Å². The molecule has 16 heavy (non-hydrogen) atoms. The van der Waals surface area contributed by atoms with E-state index in [1.165, 1.54) is 12.1 Å². The molecule has 1 N–H and O–H groups in total. The Hall–Kier alpha value is -1.26. The van der Waals surface area contributed by atoms with Gasteiger partial charge < -0.3 is 5.32 Å². The second-order valence-electron chi connectivity index (χ2n) is 3.40. The van der Waals surface area contributed by atoms with E-state index in [-0.39, 0.29) is 6.04 Å².